The molecule has 0 atom stereocenters. The summed E-state index contributed by atoms with van der Waals surface area (Å²) in [5.74, 6) is -0.109. The topological polar surface area (TPSA) is 74.8 Å². The fourth-order valence-corrected chi connectivity index (χ4v) is 3.23. The molecule has 3 heterocycles. The van der Waals surface area contributed by atoms with Crippen molar-refractivity contribution in [2.24, 2.45) is 7.05 Å². The van der Waals surface area contributed by atoms with E-state index in [-0.39, 0.29) is 12.5 Å². The Bertz CT molecular complexity index is 1070. The van der Waals surface area contributed by atoms with Gasteiger partial charge in [-0.15, -0.1) is 0 Å². The van der Waals surface area contributed by atoms with Crippen LogP contribution >= 0.6 is 0 Å². The number of aryl methyl sites for hydroxylation is 1. The predicted octanol–water partition coefficient (Wildman–Crippen LogP) is 2.67. The largest absolute Gasteiger partial charge is 0.329 e. The van der Waals surface area contributed by atoms with Gasteiger partial charge in [0.25, 0.3) is 5.91 Å². The highest BCUT2D eigenvalue weighted by atomic mass is 16.2. The minimum atomic E-state index is -0.109. The first-order valence-corrected chi connectivity index (χ1v) is 7.84. The third kappa shape index (κ3) is 2.37. The van der Waals surface area contributed by atoms with Crippen molar-refractivity contribution in [3.63, 3.8) is 0 Å². The number of hydrogen-bond donors (Lipinski definition) is 0. The molecule has 6 nitrogen and oxygen atoms in total. The van der Waals surface area contributed by atoms with E-state index in [0.29, 0.717) is 17.7 Å². The number of carbonyl (C=O) groups is 1. The summed E-state index contributed by atoms with van der Waals surface area (Å²) >= 11 is 0. The van der Waals surface area contributed by atoms with Crippen LogP contribution in [-0.4, -0.2) is 32.1 Å². The van der Waals surface area contributed by atoms with Crippen LogP contribution in [0, 0.1) is 11.3 Å². The highest BCUT2D eigenvalue weighted by Gasteiger charge is 2.30. The molecule has 3 aromatic rings. The van der Waals surface area contributed by atoms with Crippen molar-refractivity contribution >= 4 is 16.8 Å². The van der Waals surface area contributed by atoms with E-state index in [1.807, 2.05) is 36.1 Å². The molecule has 4 rings (SSSR count). The number of nitriles is 1. The van der Waals surface area contributed by atoms with Crippen LogP contribution in [0.5, 0.6) is 0 Å². The smallest absolute Gasteiger partial charge is 0.256 e. The summed E-state index contributed by atoms with van der Waals surface area (Å²) in [4.78, 5) is 18.5. The number of aromatic nitrogens is 3. The van der Waals surface area contributed by atoms with Crippen molar-refractivity contribution < 1.29 is 4.79 Å². The molecule has 122 valence electrons. The Balaban J connectivity index is 1.79. The van der Waals surface area contributed by atoms with Gasteiger partial charge >= 0.3 is 0 Å². The quantitative estimate of drug-likeness (QED) is 0.692. The van der Waals surface area contributed by atoms with Gasteiger partial charge in [-0.1, -0.05) is 18.7 Å². The summed E-state index contributed by atoms with van der Waals surface area (Å²) < 4.78 is 1.82. The van der Waals surface area contributed by atoms with Crippen molar-refractivity contribution in [2.75, 3.05) is 6.54 Å². The summed E-state index contributed by atoms with van der Waals surface area (Å²) in [6, 6.07) is 8.09. The average Bonchev–Trinajstić information content (AvgIpc) is 3.15. The lowest BCUT2D eigenvalue weighted by Gasteiger charge is -2.14. The molecule has 1 amide bonds. The Morgan fingerprint density at radius 1 is 1.32 bits per heavy atom. The third-order valence-electron chi connectivity index (χ3n) is 4.52. The van der Waals surface area contributed by atoms with Crippen LogP contribution in [0.1, 0.15) is 15.9 Å². The molecule has 0 saturated heterocycles. The molecule has 0 radical (unpaired) electrons. The molecule has 0 bridgehead atoms. The Morgan fingerprint density at radius 2 is 2.12 bits per heavy atom. The van der Waals surface area contributed by atoms with Crippen LogP contribution in [0.15, 0.2) is 48.9 Å². The molecule has 1 aliphatic rings. The number of benzene rings is 1. The first-order chi connectivity index (χ1) is 12.1. The lowest BCUT2D eigenvalue weighted by Crippen LogP contribution is -2.25. The van der Waals surface area contributed by atoms with Crippen molar-refractivity contribution in [3.05, 3.63) is 60.1 Å². The van der Waals surface area contributed by atoms with Gasteiger partial charge in [0.15, 0.2) is 0 Å². The van der Waals surface area contributed by atoms with Crippen LogP contribution in [0.3, 0.4) is 0 Å². The van der Waals surface area contributed by atoms with Gasteiger partial charge < -0.3 is 4.90 Å². The van der Waals surface area contributed by atoms with Gasteiger partial charge in [0.1, 0.15) is 0 Å². The molecule has 0 N–H and O–H groups in total. The van der Waals surface area contributed by atoms with E-state index < -0.39 is 0 Å². The molecule has 1 aromatic carbocycles. The molecule has 0 spiro atoms. The molecular formula is C19H15N5O. The minimum absolute atomic E-state index is 0.109. The SMILES string of the molecule is C=C(C#N)CN1Cc2c(cncc2-c2ccc3cnn(C)c3c2)C1=O. The molecule has 2 aromatic heterocycles. The lowest BCUT2D eigenvalue weighted by atomic mass is 9.99. The maximum atomic E-state index is 12.6. The van der Waals surface area contributed by atoms with Crippen LogP contribution in [-0.2, 0) is 13.6 Å². The summed E-state index contributed by atoms with van der Waals surface area (Å²) in [6.07, 6.45) is 5.21. The summed E-state index contributed by atoms with van der Waals surface area (Å²) in [6.45, 7) is 4.37. The van der Waals surface area contributed by atoms with Crippen LogP contribution < -0.4 is 0 Å². The van der Waals surface area contributed by atoms with Crippen molar-refractivity contribution in [1.29, 1.82) is 5.26 Å². The fourth-order valence-electron chi connectivity index (χ4n) is 3.23. The van der Waals surface area contributed by atoms with Crippen molar-refractivity contribution in [2.45, 2.75) is 6.54 Å². The lowest BCUT2D eigenvalue weighted by molar-refractivity contribution is 0.0793. The maximum absolute atomic E-state index is 12.6. The van der Waals surface area contributed by atoms with E-state index in [1.54, 1.807) is 17.3 Å². The molecular weight excluding hydrogens is 314 g/mol. The van der Waals surface area contributed by atoms with Gasteiger partial charge in [-0.2, -0.15) is 10.4 Å². The van der Waals surface area contributed by atoms with Crippen molar-refractivity contribution in [3.8, 4) is 17.2 Å². The standard InChI is InChI=1S/C19H15N5O/c1-12(6-20)10-24-11-17-15(8-21-9-16(17)19(24)25)13-3-4-14-7-22-23(2)18(14)5-13/h3-5,7-9H,1,10-11H2,2H3. The Hall–Kier alpha value is -3.46. The van der Waals surface area contributed by atoms with Crippen LogP contribution in [0.25, 0.3) is 22.0 Å². The van der Waals surface area contributed by atoms with E-state index in [4.69, 9.17) is 5.26 Å². The molecule has 1 aliphatic heterocycles. The van der Waals surface area contributed by atoms with E-state index in [1.165, 1.54) is 0 Å². The molecule has 0 fully saturated rings. The number of rotatable bonds is 3. The Kier molecular flexibility index (Phi) is 3.36. The van der Waals surface area contributed by atoms with Crippen LogP contribution in [0.4, 0.5) is 0 Å². The number of fused-ring (bicyclic) bond motifs is 2. The first-order valence-electron chi connectivity index (χ1n) is 7.84. The van der Waals surface area contributed by atoms with E-state index in [9.17, 15) is 4.79 Å². The normalized spacial score (nSPS) is 13.1. The van der Waals surface area contributed by atoms with E-state index in [0.717, 1.165) is 27.6 Å². The predicted molar refractivity (Wildman–Crippen MR) is 93.4 cm³/mol. The van der Waals surface area contributed by atoms with Crippen molar-refractivity contribution in [1.82, 2.24) is 19.7 Å². The molecule has 0 saturated carbocycles. The zero-order valence-electron chi connectivity index (χ0n) is 13.7. The minimum Gasteiger partial charge on any atom is -0.329 e. The van der Waals surface area contributed by atoms with Gasteiger partial charge in [-0.3, -0.25) is 14.5 Å². The van der Waals surface area contributed by atoms with Gasteiger partial charge in [-0.25, -0.2) is 0 Å². The number of amides is 1. The van der Waals surface area contributed by atoms with E-state index in [2.05, 4.69) is 22.7 Å². The maximum Gasteiger partial charge on any atom is 0.256 e. The van der Waals surface area contributed by atoms with Gasteiger partial charge in [0.2, 0.25) is 0 Å². The first kappa shape index (κ1) is 15.1. The summed E-state index contributed by atoms with van der Waals surface area (Å²) in [5.41, 5.74) is 4.84. The summed E-state index contributed by atoms with van der Waals surface area (Å²) in [7, 11) is 1.90. The Labute approximate surface area is 144 Å². The zero-order valence-corrected chi connectivity index (χ0v) is 13.7. The number of carbonyl (C=O) groups excluding carboxylic acids is 1. The summed E-state index contributed by atoms with van der Waals surface area (Å²) in [5, 5.41) is 14.3. The van der Waals surface area contributed by atoms with Crippen LogP contribution in [0.2, 0.25) is 0 Å². The van der Waals surface area contributed by atoms with Gasteiger partial charge in [0, 0.05) is 42.5 Å². The van der Waals surface area contributed by atoms with E-state index >= 15 is 0 Å². The molecule has 6 heteroatoms. The molecule has 0 unspecified atom stereocenters. The highest BCUT2D eigenvalue weighted by Crippen LogP contribution is 2.33. The Morgan fingerprint density at radius 3 is 2.92 bits per heavy atom. The molecule has 25 heavy (non-hydrogen) atoms. The average molecular weight is 329 g/mol. The van der Waals surface area contributed by atoms with Gasteiger partial charge in [0.05, 0.1) is 29.9 Å². The zero-order chi connectivity index (χ0) is 17.6. The highest BCUT2D eigenvalue weighted by molar-refractivity contribution is 6.00. The second-order valence-electron chi connectivity index (χ2n) is 6.13. The third-order valence-corrected chi connectivity index (χ3v) is 4.52. The number of hydrogen-bond acceptors (Lipinski definition) is 4. The monoisotopic (exact) mass is 329 g/mol. The number of nitrogens with zero attached hydrogens (tertiary/aromatic N) is 5. The second-order valence-corrected chi connectivity index (χ2v) is 6.13. The van der Waals surface area contributed by atoms with Gasteiger partial charge in [-0.05, 0) is 17.2 Å². The molecule has 0 aliphatic carbocycles. The number of pyridine rings is 1. The fraction of sp³-hybridized carbons (Fsp3) is 0.158. The second kappa shape index (κ2) is 5.56.